The zero-order chi connectivity index (χ0) is 16.2. The van der Waals surface area contributed by atoms with E-state index in [1.807, 2.05) is 35.8 Å². The third kappa shape index (κ3) is 4.25. The molecule has 2 aliphatic heterocycles. The van der Waals surface area contributed by atoms with Gasteiger partial charge >= 0.3 is 0 Å². The number of likely N-dealkylation sites (N-methyl/N-ethyl adjacent to an activating group) is 1. The van der Waals surface area contributed by atoms with Crippen LogP contribution in [0.2, 0.25) is 0 Å². The molecule has 6 heteroatoms. The van der Waals surface area contributed by atoms with Crippen LogP contribution in [0.5, 0.6) is 0 Å². The maximum absolute atomic E-state index is 13.0. The Kier molecular flexibility index (Phi) is 5.56. The molecule has 2 saturated heterocycles. The first-order chi connectivity index (χ1) is 11.1. The van der Waals surface area contributed by atoms with Gasteiger partial charge in [-0.25, -0.2) is 4.39 Å². The largest absolute Gasteiger partial charge is 0.340 e. The van der Waals surface area contributed by atoms with Crippen LogP contribution in [-0.4, -0.2) is 71.5 Å². The Balaban J connectivity index is 1.54. The van der Waals surface area contributed by atoms with Crippen molar-refractivity contribution in [3.8, 4) is 0 Å². The number of rotatable bonds is 3. The van der Waals surface area contributed by atoms with E-state index in [0.29, 0.717) is 0 Å². The van der Waals surface area contributed by atoms with Gasteiger partial charge in [0.15, 0.2) is 0 Å². The highest BCUT2D eigenvalue weighted by Gasteiger charge is 2.32. The number of nitrogens with zero attached hydrogens (tertiary/aromatic N) is 3. The van der Waals surface area contributed by atoms with Crippen LogP contribution >= 0.6 is 11.8 Å². The predicted molar refractivity (Wildman–Crippen MR) is 91.8 cm³/mol. The first-order valence-electron chi connectivity index (χ1n) is 8.17. The molecule has 2 aliphatic rings. The fraction of sp³-hybridized carbons (Fsp3) is 0.588. The Morgan fingerprint density at radius 3 is 2.70 bits per heavy atom. The van der Waals surface area contributed by atoms with E-state index < -0.39 is 0 Å². The number of benzene rings is 1. The first-order valence-corrected chi connectivity index (χ1v) is 9.32. The minimum atomic E-state index is -0.194. The minimum Gasteiger partial charge on any atom is -0.340 e. The lowest BCUT2D eigenvalue weighted by atomic mass is 10.2. The summed E-state index contributed by atoms with van der Waals surface area (Å²) < 4.78 is 13.0. The van der Waals surface area contributed by atoms with Gasteiger partial charge in [0.2, 0.25) is 5.91 Å². The van der Waals surface area contributed by atoms with Crippen molar-refractivity contribution >= 4 is 17.7 Å². The summed E-state index contributed by atoms with van der Waals surface area (Å²) in [5.74, 6) is 1.94. The monoisotopic (exact) mass is 337 g/mol. The van der Waals surface area contributed by atoms with Crippen molar-refractivity contribution in [2.75, 3.05) is 44.9 Å². The molecule has 126 valence electrons. The lowest BCUT2D eigenvalue weighted by Gasteiger charge is -2.27. The molecule has 0 unspecified atom stereocenters. The van der Waals surface area contributed by atoms with Gasteiger partial charge in [0.05, 0.1) is 6.04 Å². The molecule has 0 spiro atoms. The second-order valence-electron chi connectivity index (χ2n) is 6.35. The van der Waals surface area contributed by atoms with Crippen molar-refractivity contribution < 1.29 is 9.18 Å². The molecule has 1 amide bonds. The quantitative estimate of drug-likeness (QED) is 0.841. The third-order valence-corrected chi connectivity index (χ3v) is 5.75. The van der Waals surface area contributed by atoms with Gasteiger partial charge in [-0.3, -0.25) is 14.6 Å². The Bertz CT molecular complexity index is 539. The van der Waals surface area contributed by atoms with Crippen molar-refractivity contribution in [2.24, 2.45) is 0 Å². The summed E-state index contributed by atoms with van der Waals surface area (Å²) in [5.41, 5.74) is 1.12. The number of hydrogen-bond acceptors (Lipinski definition) is 4. The smallest absolute Gasteiger partial charge is 0.240 e. The fourth-order valence-electron chi connectivity index (χ4n) is 3.19. The van der Waals surface area contributed by atoms with Crippen LogP contribution in [0.25, 0.3) is 0 Å². The Morgan fingerprint density at radius 2 is 2.00 bits per heavy atom. The maximum Gasteiger partial charge on any atom is 0.240 e. The molecule has 0 aliphatic carbocycles. The van der Waals surface area contributed by atoms with Crippen molar-refractivity contribution in [1.82, 2.24) is 14.7 Å². The Labute approximate surface area is 141 Å². The molecule has 2 fully saturated rings. The van der Waals surface area contributed by atoms with Gasteiger partial charge in [0, 0.05) is 44.4 Å². The summed E-state index contributed by atoms with van der Waals surface area (Å²) in [7, 11) is 2.03. The van der Waals surface area contributed by atoms with Crippen LogP contribution in [-0.2, 0) is 11.3 Å². The molecular weight excluding hydrogens is 313 g/mol. The van der Waals surface area contributed by atoms with Crippen LogP contribution in [0.15, 0.2) is 24.3 Å². The fourth-order valence-corrected chi connectivity index (χ4v) is 4.39. The average Bonchev–Trinajstić information content (AvgIpc) is 2.84. The Hall–Kier alpha value is -1.11. The molecule has 4 nitrogen and oxygen atoms in total. The van der Waals surface area contributed by atoms with E-state index >= 15 is 0 Å². The zero-order valence-corrected chi connectivity index (χ0v) is 14.4. The topological polar surface area (TPSA) is 26.8 Å². The van der Waals surface area contributed by atoms with Crippen LogP contribution in [0, 0.1) is 5.82 Å². The van der Waals surface area contributed by atoms with E-state index in [9.17, 15) is 9.18 Å². The highest BCUT2D eigenvalue weighted by Crippen LogP contribution is 2.21. The molecule has 0 radical (unpaired) electrons. The molecule has 1 atom stereocenters. The van der Waals surface area contributed by atoms with Gasteiger partial charge in [0.1, 0.15) is 5.82 Å². The number of halogens is 1. The summed E-state index contributed by atoms with van der Waals surface area (Å²) >= 11 is 1.83. The molecular formula is C17H24FN3OS. The SMILES string of the molecule is CN1CSC[C@H]1C(=O)N1CCCN(Cc2ccc(F)cc2)CC1. The van der Waals surface area contributed by atoms with E-state index in [2.05, 4.69) is 9.80 Å². The van der Waals surface area contributed by atoms with Gasteiger partial charge in [0.25, 0.3) is 0 Å². The molecule has 3 rings (SSSR count). The lowest BCUT2D eigenvalue weighted by molar-refractivity contribution is -0.135. The molecule has 1 aromatic carbocycles. The average molecular weight is 337 g/mol. The lowest BCUT2D eigenvalue weighted by Crippen LogP contribution is -2.46. The maximum atomic E-state index is 13.0. The number of hydrogen-bond donors (Lipinski definition) is 0. The van der Waals surface area contributed by atoms with E-state index in [1.165, 1.54) is 12.1 Å². The number of amides is 1. The van der Waals surface area contributed by atoms with Crippen LogP contribution in [0.3, 0.4) is 0 Å². The van der Waals surface area contributed by atoms with Crippen LogP contribution in [0.4, 0.5) is 4.39 Å². The van der Waals surface area contributed by atoms with E-state index in [1.54, 1.807) is 0 Å². The first kappa shape index (κ1) is 16.7. The van der Waals surface area contributed by atoms with Crippen molar-refractivity contribution in [3.63, 3.8) is 0 Å². The van der Waals surface area contributed by atoms with Gasteiger partial charge in [-0.05, 0) is 31.2 Å². The van der Waals surface area contributed by atoms with Gasteiger partial charge in [-0.1, -0.05) is 12.1 Å². The van der Waals surface area contributed by atoms with E-state index in [0.717, 1.165) is 56.3 Å². The second kappa shape index (κ2) is 7.64. The predicted octanol–water partition coefficient (Wildman–Crippen LogP) is 1.86. The highest BCUT2D eigenvalue weighted by molar-refractivity contribution is 7.99. The van der Waals surface area contributed by atoms with Crippen molar-refractivity contribution in [3.05, 3.63) is 35.6 Å². The summed E-state index contributed by atoms with van der Waals surface area (Å²) in [6, 6.07) is 6.75. The van der Waals surface area contributed by atoms with E-state index in [4.69, 9.17) is 0 Å². The normalized spacial score (nSPS) is 23.9. The standard InChI is InChI=1S/C17H24FN3OS/c1-19-13-23-12-16(19)17(22)21-8-2-7-20(9-10-21)11-14-3-5-15(18)6-4-14/h3-6,16H,2,7-13H2,1H3/t16-/m0/s1. The van der Waals surface area contributed by atoms with E-state index in [-0.39, 0.29) is 17.8 Å². The number of carbonyl (C=O) groups excluding carboxylic acids is 1. The molecule has 23 heavy (non-hydrogen) atoms. The molecule has 0 saturated carbocycles. The summed E-state index contributed by atoms with van der Waals surface area (Å²) in [6.45, 7) is 4.31. The molecule has 2 heterocycles. The van der Waals surface area contributed by atoms with Crippen molar-refractivity contribution in [2.45, 2.75) is 19.0 Å². The third-order valence-electron chi connectivity index (χ3n) is 4.61. The highest BCUT2D eigenvalue weighted by atomic mass is 32.2. The molecule has 0 N–H and O–H groups in total. The van der Waals surface area contributed by atoms with Crippen LogP contribution in [0.1, 0.15) is 12.0 Å². The van der Waals surface area contributed by atoms with Gasteiger partial charge in [-0.2, -0.15) is 0 Å². The Morgan fingerprint density at radius 1 is 1.22 bits per heavy atom. The van der Waals surface area contributed by atoms with Crippen LogP contribution < -0.4 is 0 Å². The van der Waals surface area contributed by atoms with Gasteiger partial charge in [-0.15, -0.1) is 11.8 Å². The molecule has 1 aromatic rings. The number of thioether (sulfide) groups is 1. The zero-order valence-electron chi connectivity index (χ0n) is 13.6. The van der Waals surface area contributed by atoms with Crippen molar-refractivity contribution in [1.29, 1.82) is 0 Å². The summed E-state index contributed by atoms with van der Waals surface area (Å²) in [4.78, 5) is 19.2. The second-order valence-corrected chi connectivity index (χ2v) is 7.35. The molecule has 0 aromatic heterocycles. The van der Waals surface area contributed by atoms with Gasteiger partial charge < -0.3 is 4.90 Å². The molecule has 0 bridgehead atoms. The number of carbonyl (C=O) groups is 1. The minimum absolute atomic E-state index is 0.0450. The summed E-state index contributed by atoms with van der Waals surface area (Å²) in [6.07, 6.45) is 0.997. The summed E-state index contributed by atoms with van der Waals surface area (Å²) in [5, 5.41) is 0.